The molecule has 3 rings (SSSR count). The number of carbonyl (C=O) groups is 2. The van der Waals surface area contributed by atoms with Gasteiger partial charge in [0.25, 0.3) is 5.91 Å². The van der Waals surface area contributed by atoms with Gasteiger partial charge in [0, 0.05) is 36.4 Å². The molecule has 0 saturated carbocycles. The Morgan fingerprint density at radius 2 is 1.68 bits per heavy atom. The van der Waals surface area contributed by atoms with E-state index >= 15 is 0 Å². The van der Waals surface area contributed by atoms with Crippen LogP contribution in [0.15, 0.2) is 41.3 Å². The summed E-state index contributed by atoms with van der Waals surface area (Å²) in [5.41, 5.74) is 2.87. The van der Waals surface area contributed by atoms with Gasteiger partial charge in [0.05, 0.1) is 18.1 Å². The van der Waals surface area contributed by atoms with Crippen molar-refractivity contribution in [3.63, 3.8) is 0 Å². The molecular formula is C22H27N3O5S. The van der Waals surface area contributed by atoms with E-state index in [9.17, 15) is 18.0 Å². The zero-order valence-corrected chi connectivity index (χ0v) is 18.7. The minimum atomic E-state index is -3.71. The van der Waals surface area contributed by atoms with Crippen LogP contribution in [0.1, 0.15) is 34.8 Å². The summed E-state index contributed by atoms with van der Waals surface area (Å²) in [6.45, 7) is 6.62. The molecule has 0 atom stereocenters. The van der Waals surface area contributed by atoms with Crippen molar-refractivity contribution in [3.8, 4) is 0 Å². The van der Waals surface area contributed by atoms with Crippen LogP contribution >= 0.6 is 0 Å². The highest BCUT2D eigenvalue weighted by atomic mass is 32.2. The van der Waals surface area contributed by atoms with Crippen LogP contribution in [0.4, 0.5) is 11.4 Å². The van der Waals surface area contributed by atoms with Gasteiger partial charge in [-0.2, -0.15) is 4.31 Å². The molecule has 1 aliphatic rings. The number of benzene rings is 2. The number of ether oxygens (including phenoxy) is 1. The molecule has 0 unspecified atom stereocenters. The Bertz CT molecular complexity index is 1090. The van der Waals surface area contributed by atoms with Crippen molar-refractivity contribution >= 4 is 33.2 Å². The fourth-order valence-electron chi connectivity index (χ4n) is 3.22. The number of nitrogens with zero attached hydrogens (tertiary/aromatic N) is 1. The molecule has 2 amide bonds. The lowest BCUT2D eigenvalue weighted by atomic mass is 10.1. The minimum absolute atomic E-state index is 0.0748. The van der Waals surface area contributed by atoms with Gasteiger partial charge < -0.3 is 15.4 Å². The molecule has 0 radical (unpaired) electrons. The van der Waals surface area contributed by atoms with Crippen molar-refractivity contribution in [3.05, 3.63) is 53.1 Å². The first kappa shape index (κ1) is 22.9. The Hall–Kier alpha value is -2.75. The maximum atomic E-state index is 13.0. The first-order chi connectivity index (χ1) is 14.7. The summed E-state index contributed by atoms with van der Waals surface area (Å²) in [6.07, 6.45) is 0.346. The highest BCUT2D eigenvalue weighted by Gasteiger charge is 2.27. The summed E-state index contributed by atoms with van der Waals surface area (Å²) in [4.78, 5) is 24.7. The Labute approximate surface area is 182 Å². The lowest BCUT2D eigenvalue weighted by molar-refractivity contribution is -0.115. The molecule has 1 aliphatic heterocycles. The normalized spacial score (nSPS) is 14.8. The van der Waals surface area contributed by atoms with Crippen molar-refractivity contribution in [1.29, 1.82) is 0 Å². The average Bonchev–Trinajstić information content (AvgIpc) is 2.76. The van der Waals surface area contributed by atoms with E-state index in [-0.39, 0.29) is 29.5 Å². The molecule has 0 bridgehead atoms. The van der Waals surface area contributed by atoms with E-state index < -0.39 is 15.9 Å². The number of amides is 2. The van der Waals surface area contributed by atoms with Crippen molar-refractivity contribution in [2.24, 2.45) is 0 Å². The number of hydrogen-bond acceptors (Lipinski definition) is 5. The van der Waals surface area contributed by atoms with Crippen LogP contribution in [0.3, 0.4) is 0 Å². The number of sulfonamides is 1. The number of carbonyl (C=O) groups excluding carboxylic acids is 2. The van der Waals surface area contributed by atoms with Crippen LogP contribution in [0.25, 0.3) is 0 Å². The quantitative estimate of drug-likeness (QED) is 0.711. The predicted molar refractivity (Wildman–Crippen MR) is 119 cm³/mol. The third kappa shape index (κ3) is 5.30. The highest BCUT2D eigenvalue weighted by molar-refractivity contribution is 7.89. The summed E-state index contributed by atoms with van der Waals surface area (Å²) in [7, 11) is -3.71. The smallest absolute Gasteiger partial charge is 0.255 e. The van der Waals surface area contributed by atoms with Crippen LogP contribution in [-0.4, -0.2) is 50.8 Å². The van der Waals surface area contributed by atoms with Crippen molar-refractivity contribution in [1.82, 2.24) is 4.31 Å². The number of aryl methyl sites for hydroxylation is 2. The Kier molecular flexibility index (Phi) is 7.09. The van der Waals surface area contributed by atoms with Crippen LogP contribution in [-0.2, 0) is 19.6 Å². The standard InChI is InChI=1S/C22H27N3O5S/c1-4-21(26)23-17-7-5-16(3)20(13-17)24-22(27)19-14-18(8-6-15(19)2)31(28,29)25-9-11-30-12-10-25/h5-8,13-14H,4,9-12H2,1-3H3,(H,23,26)(H,24,27). The summed E-state index contributed by atoms with van der Waals surface area (Å²) in [5, 5.41) is 5.60. The fraction of sp³-hybridized carbons (Fsp3) is 0.364. The van der Waals surface area contributed by atoms with Crippen molar-refractivity contribution in [2.45, 2.75) is 32.1 Å². The minimum Gasteiger partial charge on any atom is -0.379 e. The number of anilines is 2. The van der Waals surface area contributed by atoms with Crippen molar-refractivity contribution in [2.75, 3.05) is 36.9 Å². The Morgan fingerprint density at radius 3 is 2.35 bits per heavy atom. The third-order valence-corrected chi connectivity index (χ3v) is 7.05. The van der Waals surface area contributed by atoms with Gasteiger partial charge in [-0.25, -0.2) is 8.42 Å². The van der Waals surface area contributed by atoms with Crippen LogP contribution in [0, 0.1) is 13.8 Å². The summed E-state index contributed by atoms with van der Waals surface area (Å²) < 4.78 is 32.5. The van der Waals surface area contributed by atoms with E-state index in [1.807, 2.05) is 6.92 Å². The van der Waals surface area contributed by atoms with E-state index in [2.05, 4.69) is 10.6 Å². The molecule has 1 saturated heterocycles. The Morgan fingerprint density at radius 1 is 1.00 bits per heavy atom. The molecule has 0 aromatic heterocycles. The van der Waals surface area contributed by atoms with E-state index in [1.165, 1.54) is 16.4 Å². The molecule has 8 nitrogen and oxygen atoms in total. The SMILES string of the molecule is CCC(=O)Nc1ccc(C)c(NC(=O)c2cc(S(=O)(=O)N3CCOCC3)ccc2C)c1. The van der Waals surface area contributed by atoms with Gasteiger partial charge in [0.2, 0.25) is 15.9 Å². The maximum Gasteiger partial charge on any atom is 0.255 e. The monoisotopic (exact) mass is 445 g/mol. The zero-order valence-electron chi connectivity index (χ0n) is 17.9. The third-order valence-electron chi connectivity index (χ3n) is 5.15. The van der Waals surface area contributed by atoms with Gasteiger partial charge in [-0.05, 0) is 49.2 Å². The molecule has 1 fully saturated rings. The molecule has 166 valence electrons. The van der Waals surface area contributed by atoms with Gasteiger partial charge in [-0.1, -0.05) is 19.1 Å². The molecule has 2 N–H and O–H groups in total. The van der Waals surface area contributed by atoms with Crippen LogP contribution in [0.2, 0.25) is 0 Å². The molecule has 2 aromatic rings. The number of hydrogen-bond donors (Lipinski definition) is 2. The molecule has 0 spiro atoms. The van der Waals surface area contributed by atoms with Gasteiger partial charge in [-0.3, -0.25) is 9.59 Å². The fourth-order valence-corrected chi connectivity index (χ4v) is 4.65. The molecule has 1 heterocycles. The average molecular weight is 446 g/mol. The Balaban J connectivity index is 1.86. The lowest BCUT2D eigenvalue weighted by Crippen LogP contribution is -2.40. The van der Waals surface area contributed by atoms with Crippen LogP contribution in [0.5, 0.6) is 0 Å². The summed E-state index contributed by atoms with van der Waals surface area (Å²) in [5.74, 6) is -0.545. The largest absolute Gasteiger partial charge is 0.379 e. The van der Waals surface area contributed by atoms with E-state index in [1.54, 1.807) is 38.1 Å². The zero-order chi connectivity index (χ0) is 22.6. The van der Waals surface area contributed by atoms with Gasteiger partial charge in [-0.15, -0.1) is 0 Å². The number of rotatable bonds is 6. The van der Waals surface area contributed by atoms with Crippen molar-refractivity contribution < 1.29 is 22.7 Å². The van der Waals surface area contributed by atoms with Crippen LogP contribution < -0.4 is 10.6 Å². The second kappa shape index (κ2) is 9.59. The first-order valence-corrected chi connectivity index (χ1v) is 11.6. The second-order valence-corrected chi connectivity index (χ2v) is 9.32. The predicted octanol–water partition coefficient (Wildman–Crippen LogP) is 2.93. The summed E-state index contributed by atoms with van der Waals surface area (Å²) >= 11 is 0. The number of nitrogens with one attached hydrogen (secondary N) is 2. The summed E-state index contributed by atoms with van der Waals surface area (Å²) in [6, 6.07) is 9.81. The molecule has 9 heteroatoms. The highest BCUT2D eigenvalue weighted by Crippen LogP contribution is 2.24. The molecule has 31 heavy (non-hydrogen) atoms. The molecule has 2 aromatic carbocycles. The van der Waals surface area contributed by atoms with Gasteiger partial charge >= 0.3 is 0 Å². The van der Waals surface area contributed by atoms with Gasteiger partial charge in [0.15, 0.2) is 0 Å². The number of morpholine rings is 1. The van der Waals surface area contributed by atoms with E-state index in [4.69, 9.17) is 4.74 Å². The second-order valence-electron chi connectivity index (χ2n) is 7.38. The first-order valence-electron chi connectivity index (χ1n) is 10.1. The van der Waals surface area contributed by atoms with E-state index in [0.717, 1.165) is 5.56 Å². The van der Waals surface area contributed by atoms with E-state index in [0.29, 0.717) is 36.6 Å². The maximum absolute atomic E-state index is 13.0. The topological polar surface area (TPSA) is 105 Å². The van der Waals surface area contributed by atoms with Gasteiger partial charge in [0.1, 0.15) is 0 Å². The molecular weight excluding hydrogens is 418 g/mol. The lowest BCUT2D eigenvalue weighted by Gasteiger charge is -2.26. The molecule has 0 aliphatic carbocycles.